The zero-order chi connectivity index (χ0) is 8.91. The summed E-state index contributed by atoms with van der Waals surface area (Å²) in [7, 11) is -2.02. The van der Waals surface area contributed by atoms with Gasteiger partial charge in [-0.3, -0.25) is 4.18 Å². The zero-order valence-electron chi connectivity index (χ0n) is 7.33. The molecule has 0 aromatic carbocycles. The van der Waals surface area contributed by atoms with Gasteiger partial charge in [-0.15, -0.1) is 0 Å². The topological polar surface area (TPSA) is 43.4 Å². The minimum Gasteiger partial charge on any atom is -0.273 e. The van der Waals surface area contributed by atoms with E-state index in [1.807, 2.05) is 0 Å². The number of hydrogen-bond donors (Lipinski definition) is 0. The standard InChI is InChI=1S/C7H16O3S/c1-7(2)5-4-6-11(8,9)10-3/h7H,4-6H2,1-3H3. The van der Waals surface area contributed by atoms with Crippen molar-refractivity contribution in [1.82, 2.24) is 0 Å². The summed E-state index contributed by atoms with van der Waals surface area (Å²) in [5.74, 6) is 0.698. The van der Waals surface area contributed by atoms with Gasteiger partial charge in [0.15, 0.2) is 0 Å². The number of hydrogen-bond acceptors (Lipinski definition) is 3. The molecule has 11 heavy (non-hydrogen) atoms. The Labute approximate surface area is 68.9 Å². The lowest BCUT2D eigenvalue weighted by Gasteiger charge is -2.03. The molecule has 0 aliphatic heterocycles. The molecule has 0 saturated carbocycles. The summed E-state index contributed by atoms with van der Waals surface area (Å²) >= 11 is 0. The van der Waals surface area contributed by atoms with Gasteiger partial charge in [-0.1, -0.05) is 13.8 Å². The predicted octanol–water partition coefficient (Wildman–Crippen LogP) is 1.40. The van der Waals surface area contributed by atoms with Crippen molar-refractivity contribution in [1.29, 1.82) is 0 Å². The largest absolute Gasteiger partial charge is 0.273 e. The normalized spacial score (nSPS) is 12.4. The lowest BCUT2D eigenvalue weighted by atomic mass is 10.1. The van der Waals surface area contributed by atoms with Crippen molar-refractivity contribution in [2.75, 3.05) is 12.9 Å². The molecule has 0 atom stereocenters. The smallest absolute Gasteiger partial charge is 0.267 e. The molecule has 0 radical (unpaired) electrons. The molecule has 0 rings (SSSR count). The average molecular weight is 180 g/mol. The molecule has 4 heteroatoms. The Morgan fingerprint density at radius 1 is 1.36 bits per heavy atom. The zero-order valence-corrected chi connectivity index (χ0v) is 8.15. The molecule has 0 amide bonds. The van der Waals surface area contributed by atoms with Crippen LogP contribution in [-0.2, 0) is 14.3 Å². The van der Waals surface area contributed by atoms with Crippen LogP contribution < -0.4 is 0 Å². The van der Waals surface area contributed by atoms with Gasteiger partial charge in [-0.05, 0) is 18.8 Å². The maximum Gasteiger partial charge on any atom is 0.267 e. The summed E-state index contributed by atoms with van der Waals surface area (Å²) in [6.07, 6.45) is 1.62. The van der Waals surface area contributed by atoms with Crippen LogP contribution in [0.25, 0.3) is 0 Å². The Hall–Kier alpha value is -0.0900. The molecule has 0 saturated heterocycles. The van der Waals surface area contributed by atoms with Gasteiger partial charge in [-0.25, -0.2) is 0 Å². The van der Waals surface area contributed by atoms with Gasteiger partial charge in [-0.2, -0.15) is 8.42 Å². The minimum atomic E-state index is -3.22. The van der Waals surface area contributed by atoms with Crippen molar-refractivity contribution in [2.45, 2.75) is 26.7 Å². The lowest BCUT2D eigenvalue weighted by Crippen LogP contribution is -2.08. The molecule has 0 N–H and O–H groups in total. The maximum atomic E-state index is 10.8. The van der Waals surface area contributed by atoms with Gasteiger partial charge in [0.25, 0.3) is 10.1 Å². The van der Waals surface area contributed by atoms with Gasteiger partial charge < -0.3 is 0 Å². The van der Waals surface area contributed by atoms with E-state index in [0.29, 0.717) is 12.3 Å². The van der Waals surface area contributed by atoms with Gasteiger partial charge in [0.2, 0.25) is 0 Å². The molecule has 0 unspecified atom stereocenters. The predicted molar refractivity (Wildman–Crippen MR) is 44.9 cm³/mol. The Bertz CT molecular complexity index is 182. The minimum absolute atomic E-state index is 0.141. The summed E-state index contributed by atoms with van der Waals surface area (Å²) in [6.45, 7) is 4.14. The van der Waals surface area contributed by atoms with Crippen LogP contribution in [0.4, 0.5) is 0 Å². The molecular formula is C7H16O3S. The van der Waals surface area contributed by atoms with Crippen LogP contribution in [0.2, 0.25) is 0 Å². The molecule has 0 heterocycles. The molecule has 0 aliphatic rings. The fourth-order valence-corrected chi connectivity index (χ4v) is 1.44. The highest BCUT2D eigenvalue weighted by molar-refractivity contribution is 7.86. The molecule has 0 fully saturated rings. The molecule has 68 valence electrons. The van der Waals surface area contributed by atoms with Gasteiger partial charge >= 0.3 is 0 Å². The Balaban J connectivity index is 3.55. The van der Waals surface area contributed by atoms with Crippen LogP contribution >= 0.6 is 0 Å². The molecule has 0 aliphatic carbocycles. The Morgan fingerprint density at radius 3 is 2.27 bits per heavy atom. The fraction of sp³-hybridized carbons (Fsp3) is 1.00. The van der Waals surface area contributed by atoms with Gasteiger partial charge in [0.05, 0.1) is 12.9 Å². The third-order valence-electron chi connectivity index (χ3n) is 1.43. The second-order valence-electron chi connectivity index (χ2n) is 2.96. The quantitative estimate of drug-likeness (QED) is 0.601. The molecule has 0 bridgehead atoms. The highest BCUT2D eigenvalue weighted by Gasteiger charge is 2.07. The summed E-state index contributed by atoms with van der Waals surface area (Å²) in [5, 5.41) is 0. The third-order valence-corrected chi connectivity index (χ3v) is 2.73. The van der Waals surface area contributed by atoms with E-state index in [9.17, 15) is 8.42 Å². The first-order chi connectivity index (χ1) is 4.98. The van der Waals surface area contributed by atoms with E-state index in [4.69, 9.17) is 0 Å². The molecule has 0 spiro atoms. The second-order valence-corrected chi connectivity index (χ2v) is 4.82. The van der Waals surface area contributed by atoms with E-state index >= 15 is 0 Å². The van der Waals surface area contributed by atoms with E-state index < -0.39 is 10.1 Å². The number of rotatable bonds is 5. The molecular weight excluding hydrogens is 164 g/mol. The van der Waals surface area contributed by atoms with Gasteiger partial charge in [0, 0.05) is 0 Å². The van der Waals surface area contributed by atoms with Crippen molar-refractivity contribution < 1.29 is 12.6 Å². The van der Waals surface area contributed by atoms with E-state index in [1.54, 1.807) is 0 Å². The lowest BCUT2D eigenvalue weighted by molar-refractivity contribution is 0.395. The SMILES string of the molecule is COS(=O)(=O)CCCC(C)C. The molecule has 3 nitrogen and oxygen atoms in total. The fourth-order valence-electron chi connectivity index (χ4n) is 0.752. The van der Waals surface area contributed by atoms with Crippen molar-refractivity contribution in [2.24, 2.45) is 5.92 Å². The van der Waals surface area contributed by atoms with Crippen molar-refractivity contribution >= 4 is 10.1 Å². The summed E-state index contributed by atoms with van der Waals surface area (Å²) < 4.78 is 25.8. The van der Waals surface area contributed by atoms with Crippen LogP contribution in [0.1, 0.15) is 26.7 Å². The first kappa shape index (κ1) is 10.9. The first-order valence-electron chi connectivity index (χ1n) is 3.76. The Kier molecular flexibility index (Phi) is 4.68. The van der Waals surface area contributed by atoms with Crippen LogP contribution in [-0.4, -0.2) is 21.3 Å². The van der Waals surface area contributed by atoms with E-state index in [-0.39, 0.29) is 5.75 Å². The third kappa shape index (κ3) is 6.31. The first-order valence-corrected chi connectivity index (χ1v) is 5.34. The summed E-state index contributed by atoms with van der Waals surface area (Å²) in [6, 6.07) is 0. The van der Waals surface area contributed by atoms with E-state index in [2.05, 4.69) is 18.0 Å². The van der Waals surface area contributed by atoms with Crippen molar-refractivity contribution in [3.05, 3.63) is 0 Å². The highest BCUT2D eigenvalue weighted by Crippen LogP contribution is 2.05. The average Bonchev–Trinajstić information content (AvgIpc) is 1.87. The van der Waals surface area contributed by atoms with Crippen LogP contribution in [0.3, 0.4) is 0 Å². The van der Waals surface area contributed by atoms with Gasteiger partial charge in [0.1, 0.15) is 0 Å². The summed E-state index contributed by atoms with van der Waals surface area (Å²) in [4.78, 5) is 0. The molecule has 0 aromatic rings. The van der Waals surface area contributed by atoms with Crippen molar-refractivity contribution in [3.8, 4) is 0 Å². The monoisotopic (exact) mass is 180 g/mol. The second kappa shape index (κ2) is 4.72. The molecule has 0 aromatic heterocycles. The Morgan fingerprint density at radius 2 is 1.91 bits per heavy atom. The summed E-state index contributed by atoms with van der Waals surface area (Å²) in [5.41, 5.74) is 0. The van der Waals surface area contributed by atoms with Crippen LogP contribution in [0, 0.1) is 5.92 Å². The maximum absolute atomic E-state index is 10.8. The van der Waals surface area contributed by atoms with E-state index in [0.717, 1.165) is 6.42 Å². The highest BCUT2D eigenvalue weighted by atomic mass is 32.2. The van der Waals surface area contributed by atoms with Crippen molar-refractivity contribution in [3.63, 3.8) is 0 Å². The van der Waals surface area contributed by atoms with E-state index in [1.165, 1.54) is 7.11 Å². The van der Waals surface area contributed by atoms with Crippen LogP contribution in [0.15, 0.2) is 0 Å². The van der Waals surface area contributed by atoms with Crippen LogP contribution in [0.5, 0.6) is 0 Å².